The van der Waals surface area contributed by atoms with Gasteiger partial charge in [-0.05, 0) is 49.6 Å². The molecule has 10 nitrogen and oxygen atoms in total. The van der Waals surface area contributed by atoms with Crippen LogP contribution in [-0.2, 0) is 14.3 Å². The summed E-state index contributed by atoms with van der Waals surface area (Å²) in [5.41, 5.74) is 2.88. The summed E-state index contributed by atoms with van der Waals surface area (Å²) in [5, 5.41) is 5.99. The molecule has 6 rings (SSSR count). The normalized spacial score (nSPS) is 16.5. The summed E-state index contributed by atoms with van der Waals surface area (Å²) in [5.74, 6) is 0.885. The number of rotatable bonds is 4. The van der Waals surface area contributed by atoms with Gasteiger partial charge in [0.05, 0.1) is 28.7 Å². The molecule has 0 bridgehead atoms. The molecule has 10 heteroatoms. The first kappa shape index (κ1) is 26.3. The van der Waals surface area contributed by atoms with Gasteiger partial charge >= 0.3 is 6.15 Å². The average molecular weight is 531 g/mol. The van der Waals surface area contributed by atoms with Gasteiger partial charge in [-0.15, -0.1) is 0 Å². The van der Waals surface area contributed by atoms with Crippen molar-refractivity contribution in [1.29, 1.82) is 0 Å². The molecule has 4 aromatic rings. The minimum absolute atomic E-state index is 0.0176. The van der Waals surface area contributed by atoms with Gasteiger partial charge in [0.25, 0.3) is 11.5 Å². The maximum atomic E-state index is 13.6. The van der Waals surface area contributed by atoms with Crippen LogP contribution in [0.1, 0.15) is 47.6 Å². The highest BCUT2D eigenvalue weighted by Crippen LogP contribution is 2.30. The summed E-state index contributed by atoms with van der Waals surface area (Å²) in [4.78, 5) is 47.6. The summed E-state index contributed by atoms with van der Waals surface area (Å²) < 4.78 is 13.6. The Balaban J connectivity index is 0.000000983. The second-order valence-electron chi connectivity index (χ2n) is 9.87. The number of hydrogen-bond acceptors (Lipinski definition) is 7. The number of H-pyrrole nitrogens is 1. The summed E-state index contributed by atoms with van der Waals surface area (Å²) in [7, 11) is 0. The van der Waals surface area contributed by atoms with Gasteiger partial charge in [0.1, 0.15) is 11.9 Å². The lowest BCUT2D eigenvalue weighted by Gasteiger charge is -2.32. The Hall–Kier alpha value is -4.27. The fourth-order valence-corrected chi connectivity index (χ4v) is 5.47. The van der Waals surface area contributed by atoms with Gasteiger partial charge in [-0.3, -0.25) is 14.3 Å². The van der Waals surface area contributed by atoms with Crippen LogP contribution in [-0.4, -0.2) is 64.1 Å². The molecule has 1 N–H and O–H groups in total. The Morgan fingerprint density at radius 3 is 2.44 bits per heavy atom. The summed E-state index contributed by atoms with van der Waals surface area (Å²) in [6, 6.07) is 13.9. The van der Waals surface area contributed by atoms with Crippen LogP contribution in [0.25, 0.3) is 21.8 Å². The second-order valence-corrected chi connectivity index (χ2v) is 9.87. The highest BCUT2D eigenvalue weighted by molar-refractivity contribution is 6.07. The fourth-order valence-electron chi connectivity index (χ4n) is 5.47. The van der Waals surface area contributed by atoms with Crippen molar-refractivity contribution in [3.05, 3.63) is 70.1 Å². The number of hydrogen-bond donors (Lipinski definition) is 1. The number of carbonyl (C=O) groups is 1. The van der Waals surface area contributed by atoms with E-state index >= 15 is 0 Å². The van der Waals surface area contributed by atoms with E-state index in [0.717, 1.165) is 53.4 Å². The molecule has 1 amide bonds. The maximum absolute atomic E-state index is 13.6. The first-order chi connectivity index (χ1) is 19.0. The van der Waals surface area contributed by atoms with Crippen molar-refractivity contribution in [1.82, 2.24) is 19.7 Å². The van der Waals surface area contributed by atoms with Crippen molar-refractivity contribution in [3.63, 3.8) is 0 Å². The highest BCUT2D eigenvalue weighted by atomic mass is 16.5. The number of likely N-dealkylation sites (tertiary alicyclic amines) is 1. The Morgan fingerprint density at radius 1 is 1.05 bits per heavy atom. The predicted molar refractivity (Wildman–Crippen MR) is 143 cm³/mol. The van der Waals surface area contributed by atoms with Gasteiger partial charge < -0.3 is 19.4 Å². The number of fused-ring (bicyclic) bond motifs is 3. The van der Waals surface area contributed by atoms with Crippen molar-refractivity contribution in [3.8, 4) is 5.75 Å². The minimum atomic E-state index is -0.158. The van der Waals surface area contributed by atoms with Crippen LogP contribution in [0.2, 0.25) is 0 Å². The zero-order valence-electron chi connectivity index (χ0n) is 21.7. The van der Waals surface area contributed by atoms with Crippen LogP contribution >= 0.6 is 0 Å². The largest absolute Gasteiger partial charge is 0.490 e. The number of aromatic amines is 1. The molecule has 39 heavy (non-hydrogen) atoms. The second kappa shape index (κ2) is 11.6. The standard InChI is InChI=1S/C28H30N4O4.CO2/c1-18-15-25-23(26-24(27(33)30-25)17-29-32(26)19-9-13-35-14-10-19)16-22(18)28(34)31-11-7-21(8-12-31)36-20-5-3-2-4-6-20;2-1-3/h2-6,15-17,19,21H,7-14H2,1H3,(H,30,33);. The van der Waals surface area contributed by atoms with Gasteiger partial charge in [0, 0.05) is 50.1 Å². The summed E-state index contributed by atoms with van der Waals surface area (Å²) in [6.45, 7) is 4.58. The SMILES string of the molecule is Cc1cc2[nH]c(=O)c3cnn(C4CCOCC4)c3c2cc1C(=O)N1CCC(Oc2ccccc2)CC1.O=C=O. The fraction of sp³-hybridized carbons (Fsp3) is 0.379. The molecule has 0 saturated carbocycles. The van der Waals surface area contributed by atoms with Gasteiger partial charge in [0.2, 0.25) is 0 Å². The molecule has 2 aliphatic heterocycles. The van der Waals surface area contributed by atoms with E-state index in [-0.39, 0.29) is 29.8 Å². The molecule has 2 saturated heterocycles. The third-order valence-corrected chi connectivity index (χ3v) is 7.45. The van der Waals surface area contributed by atoms with E-state index in [1.54, 1.807) is 6.20 Å². The molecule has 2 aromatic heterocycles. The molecule has 0 aliphatic carbocycles. The summed E-state index contributed by atoms with van der Waals surface area (Å²) >= 11 is 0. The van der Waals surface area contributed by atoms with Gasteiger partial charge in [0.15, 0.2) is 0 Å². The highest BCUT2D eigenvalue weighted by Gasteiger charge is 2.27. The Morgan fingerprint density at radius 2 is 1.74 bits per heavy atom. The maximum Gasteiger partial charge on any atom is 0.373 e. The molecule has 0 spiro atoms. The predicted octanol–water partition coefficient (Wildman–Crippen LogP) is 3.64. The molecular weight excluding hydrogens is 500 g/mol. The van der Waals surface area contributed by atoms with Gasteiger partial charge in [-0.2, -0.15) is 14.7 Å². The molecular formula is C29H30N4O6. The molecule has 0 radical (unpaired) electrons. The molecule has 0 atom stereocenters. The first-order valence-electron chi connectivity index (χ1n) is 13.1. The third kappa shape index (κ3) is 5.48. The average Bonchev–Trinajstić information content (AvgIpc) is 3.41. The Kier molecular flexibility index (Phi) is 7.86. The number of amides is 1. The van der Waals surface area contributed by atoms with E-state index in [1.807, 2.05) is 59.0 Å². The number of para-hydroxylation sites is 1. The Bertz CT molecular complexity index is 1560. The van der Waals surface area contributed by atoms with Crippen LogP contribution in [0.15, 0.2) is 53.5 Å². The third-order valence-electron chi connectivity index (χ3n) is 7.45. The smallest absolute Gasteiger partial charge is 0.373 e. The lowest BCUT2D eigenvalue weighted by molar-refractivity contribution is -0.191. The van der Waals surface area contributed by atoms with Crippen molar-refractivity contribution in [2.75, 3.05) is 26.3 Å². The van der Waals surface area contributed by atoms with Crippen molar-refractivity contribution in [2.45, 2.75) is 44.8 Å². The van der Waals surface area contributed by atoms with Crippen LogP contribution in [0.3, 0.4) is 0 Å². The zero-order chi connectivity index (χ0) is 27.4. The van der Waals surface area contributed by atoms with E-state index < -0.39 is 0 Å². The van der Waals surface area contributed by atoms with Crippen LogP contribution < -0.4 is 10.3 Å². The number of piperidine rings is 1. The molecule has 0 unspecified atom stereocenters. The molecule has 4 heterocycles. The quantitative estimate of drug-likeness (QED) is 0.427. The van der Waals surface area contributed by atoms with E-state index in [1.165, 1.54) is 0 Å². The lowest BCUT2D eigenvalue weighted by Crippen LogP contribution is -2.42. The van der Waals surface area contributed by atoms with Crippen molar-refractivity contribution < 1.29 is 23.9 Å². The number of aryl methyl sites for hydroxylation is 1. The molecule has 202 valence electrons. The monoisotopic (exact) mass is 530 g/mol. The van der Waals surface area contributed by atoms with Crippen molar-refractivity contribution >= 4 is 33.9 Å². The zero-order valence-corrected chi connectivity index (χ0v) is 21.7. The number of nitrogens with zero attached hydrogens (tertiary/aromatic N) is 3. The first-order valence-corrected chi connectivity index (χ1v) is 13.1. The topological polar surface area (TPSA) is 124 Å². The molecule has 2 aromatic carbocycles. The number of carbonyl (C=O) groups excluding carboxylic acids is 3. The number of pyridine rings is 1. The van der Waals surface area contributed by atoms with E-state index in [9.17, 15) is 9.59 Å². The molecule has 2 aliphatic rings. The van der Waals surface area contributed by atoms with Crippen LogP contribution in [0.4, 0.5) is 0 Å². The van der Waals surface area contributed by atoms with Crippen molar-refractivity contribution in [2.24, 2.45) is 0 Å². The number of benzene rings is 2. The van der Waals surface area contributed by atoms with Gasteiger partial charge in [-0.1, -0.05) is 18.2 Å². The van der Waals surface area contributed by atoms with Crippen LogP contribution in [0, 0.1) is 6.92 Å². The minimum Gasteiger partial charge on any atom is -0.490 e. The van der Waals surface area contributed by atoms with Crippen LogP contribution in [0.5, 0.6) is 5.75 Å². The Labute approximate surface area is 224 Å². The number of nitrogens with one attached hydrogen (secondary N) is 1. The van der Waals surface area contributed by atoms with E-state index in [4.69, 9.17) is 19.1 Å². The number of aromatic nitrogens is 3. The lowest BCUT2D eigenvalue weighted by atomic mass is 10.00. The van der Waals surface area contributed by atoms with Gasteiger partial charge in [-0.25, -0.2) is 0 Å². The van der Waals surface area contributed by atoms with E-state index in [2.05, 4.69) is 10.1 Å². The molecule has 2 fully saturated rings. The number of ether oxygens (including phenoxy) is 2. The van der Waals surface area contributed by atoms with E-state index in [0.29, 0.717) is 37.3 Å². The summed E-state index contributed by atoms with van der Waals surface area (Å²) in [6.07, 6.45) is 5.28.